The van der Waals surface area contributed by atoms with Crippen molar-refractivity contribution in [1.82, 2.24) is 15.1 Å². The molecule has 1 aromatic carbocycles. The highest BCUT2D eigenvalue weighted by Gasteiger charge is 2.27. The van der Waals surface area contributed by atoms with Crippen LogP contribution >= 0.6 is 0 Å². The third kappa shape index (κ3) is 4.14. The van der Waals surface area contributed by atoms with Gasteiger partial charge in [-0.25, -0.2) is 4.68 Å². The number of benzene rings is 1. The zero-order chi connectivity index (χ0) is 17.7. The predicted octanol–water partition coefficient (Wildman–Crippen LogP) is 2.41. The Bertz CT molecular complexity index is 678. The third-order valence-corrected chi connectivity index (χ3v) is 4.07. The molecule has 0 saturated carbocycles. The van der Waals surface area contributed by atoms with Crippen molar-refractivity contribution in [3.8, 4) is 11.4 Å². The van der Waals surface area contributed by atoms with Crippen LogP contribution in [0.25, 0.3) is 5.69 Å². The van der Waals surface area contributed by atoms with Gasteiger partial charge in [-0.05, 0) is 31.9 Å². The highest BCUT2D eigenvalue weighted by atomic mass is 16.5. The fraction of sp³-hybridized carbons (Fsp3) is 0.444. The summed E-state index contributed by atoms with van der Waals surface area (Å²) in [4.78, 5) is 12.5. The summed E-state index contributed by atoms with van der Waals surface area (Å²) in [6.07, 6.45) is 1.69. The van der Waals surface area contributed by atoms with Gasteiger partial charge in [0.25, 0.3) is 5.91 Å². The molecule has 1 heterocycles. The molecule has 130 valence electrons. The molecule has 0 aliphatic carbocycles. The minimum atomic E-state index is -0.983. The summed E-state index contributed by atoms with van der Waals surface area (Å²) in [7, 11) is 0. The zero-order valence-corrected chi connectivity index (χ0v) is 14.6. The van der Waals surface area contributed by atoms with Crippen molar-refractivity contribution < 1.29 is 14.6 Å². The molecule has 0 fully saturated rings. The summed E-state index contributed by atoms with van der Waals surface area (Å²) in [5.74, 6) is 0.0723. The summed E-state index contributed by atoms with van der Waals surface area (Å²) >= 11 is 0. The summed E-state index contributed by atoms with van der Waals surface area (Å²) in [5.41, 5.74) is 0.0654. The number of rotatable bonds is 7. The average molecular weight is 331 g/mol. The van der Waals surface area contributed by atoms with Crippen LogP contribution in [0.5, 0.6) is 5.75 Å². The Morgan fingerprint density at radius 3 is 2.62 bits per heavy atom. The van der Waals surface area contributed by atoms with Gasteiger partial charge in [-0.15, -0.1) is 0 Å². The van der Waals surface area contributed by atoms with Gasteiger partial charge in [0.05, 0.1) is 24.1 Å². The Morgan fingerprint density at radius 2 is 2.04 bits per heavy atom. The van der Waals surface area contributed by atoms with Crippen molar-refractivity contribution >= 4 is 5.91 Å². The second-order valence-electron chi connectivity index (χ2n) is 6.25. The maximum Gasteiger partial charge on any atom is 0.275 e. The van der Waals surface area contributed by atoms with E-state index in [1.165, 1.54) is 0 Å². The van der Waals surface area contributed by atoms with E-state index in [4.69, 9.17) is 4.74 Å². The zero-order valence-electron chi connectivity index (χ0n) is 14.6. The number of carbonyl (C=O) groups excluding carboxylic acids is 1. The number of nitrogens with zero attached hydrogens (tertiary/aromatic N) is 2. The molecule has 2 aromatic rings. The Kier molecular flexibility index (Phi) is 5.62. The molecular formula is C18H25N3O3. The van der Waals surface area contributed by atoms with E-state index in [1.807, 2.05) is 51.1 Å². The molecular weight excluding hydrogens is 306 g/mol. The highest BCUT2D eigenvalue weighted by molar-refractivity contribution is 5.95. The molecule has 1 atom stereocenters. The van der Waals surface area contributed by atoms with E-state index in [0.717, 1.165) is 5.69 Å². The number of hydrogen-bond acceptors (Lipinski definition) is 4. The largest absolute Gasteiger partial charge is 0.490 e. The molecule has 0 saturated heterocycles. The second kappa shape index (κ2) is 7.49. The third-order valence-electron chi connectivity index (χ3n) is 4.07. The average Bonchev–Trinajstić information content (AvgIpc) is 2.98. The van der Waals surface area contributed by atoms with Crippen molar-refractivity contribution in [2.24, 2.45) is 5.92 Å². The first-order chi connectivity index (χ1) is 11.3. The molecule has 2 N–H and O–H groups in total. The molecule has 6 nitrogen and oxygen atoms in total. The quantitative estimate of drug-likeness (QED) is 0.817. The van der Waals surface area contributed by atoms with E-state index < -0.39 is 5.60 Å². The van der Waals surface area contributed by atoms with Gasteiger partial charge in [-0.1, -0.05) is 32.0 Å². The number of carbonyl (C=O) groups is 1. The molecule has 0 aliphatic heterocycles. The normalized spacial score (nSPS) is 13.6. The van der Waals surface area contributed by atoms with Gasteiger partial charge < -0.3 is 15.2 Å². The summed E-state index contributed by atoms with van der Waals surface area (Å²) in [6.45, 7) is 7.94. The van der Waals surface area contributed by atoms with Gasteiger partial charge in [-0.2, -0.15) is 5.10 Å². The lowest BCUT2D eigenvalue weighted by Crippen LogP contribution is -2.44. The van der Waals surface area contributed by atoms with E-state index in [0.29, 0.717) is 12.4 Å². The van der Waals surface area contributed by atoms with E-state index >= 15 is 0 Å². The van der Waals surface area contributed by atoms with E-state index in [1.54, 1.807) is 17.8 Å². The van der Waals surface area contributed by atoms with Gasteiger partial charge in [0.2, 0.25) is 0 Å². The number of ether oxygens (including phenoxy) is 1. The predicted molar refractivity (Wildman–Crippen MR) is 92.5 cm³/mol. The van der Waals surface area contributed by atoms with Crippen molar-refractivity contribution in [3.05, 3.63) is 42.2 Å². The second-order valence-corrected chi connectivity index (χ2v) is 6.25. The Balaban J connectivity index is 2.22. The lowest BCUT2D eigenvalue weighted by atomic mass is 9.92. The monoisotopic (exact) mass is 331 g/mol. The van der Waals surface area contributed by atoms with Crippen LogP contribution in [0, 0.1) is 5.92 Å². The lowest BCUT2D eigenvalue weighted by Gasteiger charge is -2.27. The van der Waals surface area contributed by atoms with Crippen LogP contribution < -0.4 is 10.1 Å². The molecule has 0 spiro atoms. The number of aromatic nitrogens is 2. The van der Waals surface area contributed by atoms with Crippen LogP contribution in [0.3, 0.4) is 0 Å². The van der Waals surface area contributed by atoms with Crippen molar-refractivity contribution in [2.75, 3.05) is 13.2 Å². The SMILES string of the molecule is CCOc1cn(-c2ccccc2)nc1C(=O)NCC(C)(O)C(C)C. The Hall–Kier alpha value is -2.34. The van der Waals surface area contributed by atoms with Crippen LogP contribution in [0.15, 0.2) is 36.5 Å². The van der Waals surface area contributed by atoms with E-state index in [9.17, 15) is 9.90 Å². The van der Waals surface area contributed by atoms with Crippen LogP contribution in [0.1, 0.15) is 38.2 Å². The molecule has 24 heavy (non-hydrogen) atoms. The molecule has 1 aromatic heterocycles. The van der Waals surface area contributed by atoms with Gasteiger partial charge in [0.15, 0.2) is 11.4 Å². The standard InChI is InChI=1S/C18H25N3O3/c1-5-24-15-11-21(14-9-7-6-8-10-14)20-16(15)17(22)19-12-18(4,23)13(2)3/h6-11,13,23H,5,12H2,1-4H3,(H,19,22). The van der Waals surface area contributed by atoms with Crippen LogP contribution in [-0.2, 0) is 0 Å². The fourth-order valence-electron chi connectivity index (χ4n) is 2.04. The van der Waals surface area contributed by atoms with E-state index in [2.05, 4.69) is 10.4 Å². The lowest BCUT2D eigenvalue weighted by molar-refractivity contribution is 0.0141. The van der Waals surface area contributed by atoms with Gasteiger partial charge in [0, 0.05) is 6.54 Å². The van der Waals surface area contributed by atoms with E-state index in [-0.39, 0.29) is 24.1 Å². The Labute approximate surface area is 142 Å². The molecule has 2 rings (SSSR count). The topological polar surface area (TPSA) is 76.4 Å². The minimum absolute atomic E-state index is 0.0195. The Morgan fingerprint density at radius 1 is 1.38 bits per heavy atom. The molecule has 6 heteroatoms. The van der Waals surface area contributed by atoms with Crippen LogP contribution in [0.2, 0.25) is 0 Å². The van der Waals surface area contributed by atoms with Gasteiger partial charge in [-0.3, -0.25) is 4.79 Å². The summed E-state index contributed by atoms with van der Waals surface area (Å²) in [5, 5.41) is 17.4. The maximum absolute atomic E-state index is 12.5. The van der Waals surface area contributed by atoms with Crippen LogP contribution in [0.4, 0.5) is 0 Å². The smallest absolute Gasteiger partial charge is 0.275 e. The first kappa shape index (κ1) is 18.0. The fourth-order valence-corrected chi connectivity index (χ4v) is 2.04. The van der Waals surface area contributed by atoms with Crippen molar-refractivity contribution in [1.29, 1.82) is 0 Å². The van der Waals surface area contributed by atoms with Gasteiger partial charge >= 0.3 is 0 Å². The number of aliphatic hydroxyl groups is 1. The highest BCUT2D eigenvalue weighted by Crippen LogP contribution is 2.21. The first-order valence-corrected chi connectivity index (χ1v) is 8.13. The molecule has 1 unspecified atom stereocenters. The summed E-state index contributed by atoms with van der Waals surface area (Å²) in [6, 6.07) is 9.51. The number of para-hydroxylation sites is 1. The number of nitrogens with one attached hydrogen (secondary N) is 1. The van der Waals surface area contributed by atoms with Crippen molar-refractivity contribution in [3.63, 3.8) is 0 Å². The molecule has 0 bridgehead atoms. The van der Waals surface area contributed by atoms with Crippen molar-refractivity contribution in [2.45, 2.75) is 33.3 Å². The summed E-state index contributed by atoms with van der Waals surface area (Å²) < 4.78 is 7.14. The first-order valence-electron chi connectivity index (χ1n) is 8.13. The number of hydrogen-bond donors (Lipinski definition) is 2. The minimum Gasteiger partial charge on any atom is -0.490 e. The molecule has 0 radical (unpaired) electrons. The maximum atomic E-state index is 12.5. The number of amides is 1. The molecule has 1 amide bonds. The van der Waals surface area contributed by atoms with Crippen LogP contribution in [-0.4, -0.2) is 39.5 Å². The van der Waals surface area contributed by atoms with Gasteiger partial charge in [0.1, 0.15) is 0 Å². The molecule has 0 aliphatic rings.